The van der Waals surface area contributed by atoms with Crippen LogP contribution in [0, 0.1) is 5.92 Å². The molecule has 0 unspecified atom stereocenters. The minimum Gasteiger partial charge on any atom is -0.342 e. The summed E-state index contributed by atoms with van der Waals surface area (Å²) in [6.45, 7) is 2.63. The maximum Gasteiger partial charge on any atom is 0.227 e. The Morgan fingerprint density at radius 2 is 2.12 bits per heavy atom. The molecule has 2 saturated heterocycles. The predicted octanol–water partition coefficient (Wildman–Crippen LogP) is 1.44. The van der Waals surface area contributed by atoms with Gasteiger partial charge in [-0.15, -0.1) is 0 Å². The fourth-order valence-corrected chi connectivity index (χ4v) is 4.43. The van der Waals surface area contributed by atoms with Crippen molar-refractivity contribution in [3.8, 4) is 0 Å². The van der Waals surface area contributed by atoms with Crippen molar-refractivity contribution in [1.82, 2.24) is 24.6 Å². The highest BCUT2D eigenvalue weighted by Gasteiger charge is 2.42. The molecule has 1 aromatic heterocycles. The SMILES string of the molecule is CN1[C@H](Cn2cncn2)C[C@@H]2CN(C(=O)Cc3ccccc3)CC[C@@H]21. The number of likely N-dealkylation sites (tertiary alicyclic amines) is 2. The van der Waals surface area contributed by atoms with Gasteiger partial charge in [-0.1, -0.05) is 30.3 Å². The molecule has 0 aliphatic carbocycles. The normalized spacial score (nSPS) is 26.6. The number of carbonyl (C=O) groups excluding carboxylic acids is 1. The van der Waals surface area contributed by atoms with Crippen LogP contribution in [0.5, 0.6) is 0 Å². The van der Waals surface area contributed by atoms with Gasteiger partial charge >= 0.3 is 0 Å². The van der Waals surface area contributed by atoms with E-state index in [9.17, 15) is 4.79 Å². The van der Waals surface area contributed by atoms with Crippen molar-refractivity contribution in [3.63, 3.8) is 0 Å². The van der Waals surface area contributed by atoms with Gasteiger partial charge in [0.25, 0.3) is 0 Å². The summed E-state index contributed by atoms with van der Waals surface area (Å²) < 4.78 is 1.91. The van der Waals surface area contributed by atoms with Gasteiger partial charge in [-0.05, 0) is 31.4 Å². The van der Waals surface area contributed by atoms with Crippen molar-refractivity contribution in [2.45, 2.75) is 37.9 Å². The average molecular weight is 339 g/mol. The van der Waals surface area contributed by atoms with E-state index in [1.165, 1.54) is 0 Å². The zero-order chi connectivity index (χ0) is 17.2. The maximum absolute atomic E-state index is 12.7. The number of aromatic nitrogens is 3. The molecule has 1 amide bonds. The monoisotopic (exact) mass is 339 g/mol. The van der Waals surface area contributed by atoms with Gasteiger partial charge in [0.1, 0.15) is 12.7 Å². The Bertz CT molecular complexity index is 702. The largest absolute Gasteiger partial charge is 0.342 e. The van der Waals surface area contributed by atoms with Crippen LogP contribution in [0.15, 0.2) is 43.0 Å². The van der Waals surface area contributed by atoms with Crippen molar-refractivity contribution in [1.29, 1.82) is 0 Å². The number of rotatable bonds is 4. The Labute approximate surface area is 148 Å². The van der Waals surface area contributed by atoms with Gasteiger partial charge in [0.05, 0.1) is 13.0 Å². The number of nitrogens with zero attached hydrogens (tertiary/aromatic N) is 5. The number of hydrogen-bond donors (Lipinski definition) is 0. The number of benzene rings is 1. The zero-order valence-electron chi connectivity index (χ0n) is 14.7. The summed E-state index contributed by atoms with van der Waals surface area (Å²) in [5.41, 5.74) is 1.10. The second-order valence-corrected chi connectivity index (χ2v) is 7.29. The molecule has 6 heteroatoms. The van der Waals surface area contributed by atoms with E-state index in [4.69, 9.17) is 0 Å². The Morgan fingerprint density at radius 3 is 2.88 bits per heavy atom. The number of carbonyl (C=O) groups is 1. The summed E-state index contributed by atoms with van der Waals surface area (Å²) in [6.07, 6.45) is 6.07. The van der Waals surface area contributed by atoms with Crippen LogP contribution in [0.1, 0.15) is 18.4 Å². The summed E-state index contributed by atoms with van der Waals surface area (Å²) in [5, 5.41) is 4.24. The summed E-state index contributed by atoms with van der Waals surface area (Å²) in [7, 11) is 2.22. The van der Waals surface area contributed by atoms with Gasteiger partial charge in [-0.2, -0.15) is 5.10 Å². The second-order valence-electron chi connectivity index (χ2n) is 7.29. The Hall–Kier alpha value is -2.21. The molecule has 0 bridgehead atoms. The van der Waals surface area contributed by atoms with E-state index in [1.54, 1.807) is 12.7 Å². The summed E-state index contributed by atoms with van der Waals surface area (Å²) in [4.78, 5) is 21.3. The molecule has 3 heterocycles. The fourth-order valence-electron chi connectivity index (χ4n) is 4.43. The molecule has 0 saturated carbocycles. The van der Waals surface area contributed by atoms with Crippen LogP contribution in [0.3, 0.4) is 0 Å². The molecule has 0 radical (unpaired) electrons. The van der Waals surface area contributed by atoms with E-state index in [0.29, 0.717) is 24.4 Å². The topological polar surface area (TPSA) is 54.3 Å². The Morgan fingerprint density at radius 1 is 1.28 bits per heavy atom. The molecular weight excluding hydrogens is 314 g/mol. The number of amides is 1. The van der Waals surface area contributed by atoms with Gasteiger partial charge in [0.2, 0.25) is 5.91 Å². The van der Waals surface area contributed by atoms with Crippen molar-refractivity contribution >= 4 is 5.91 Å². The molecule has 3 atom stereocenters. The van der Waals surface area contributed by atoms with E-state index < -0.39 is 0 Å². The van der Waals surface area contributed by atoms with Gasteiger partial charge in [0.15, 0.2) is 0 Å². The molecule has 25 heavy (non-hydrogen) atoms. The fraction of sp³-hybridized carbons (Fsp3) is 0.526. The average Bonchev–Trinajstić information content (AvgIpc) is 3.24. The molecule has 1 aromatic carbocycles. The minimum atomic E-state index is 0.257. The van der Waals surface area contributed by atoms with Crippen molar-refractivity contribution in [3.05, 3.63) is 48.5 Å². The van der Waals surface area contributed by atoms with E-state index in [1.807, 2.05) is 35.0 Å². The van der Waals surface area contributed by atoms with Crippen LogP contribution >= 0.6 is 0 Å². The van der Waals surface area contributed by atoms with Gasteiger partial charge < -0.3 is 4.90 Å². The van der Waals surface area contributed by atoms with Crippen molar-refractivity contribution < 1.29 is 4.79 Å². The highest BCUT2D eigenvalue weighted by molar-refractivity contribution is 5.78. The first-order valence-corrected chi connectivity index (χ1v) is 9.07. The van der Waals surface area contributed by atoms with Crippen LogP contribution in [0.2, 0.25) is 0 Å². The molecule has 4 rings (SSSR count). The number of hydrogen-bond acceptors (Lipinski definition) is 4. The third-order valence-electron chi connectivity index (χ3n) is 5.78. The molecule has 2 aliphatic rings. The van der Waals surface area contributed by atoms with Crippen LogP contribution < -0.4 is 0 Å². The van der Waals surface area contributed by atoms with Gasteiger partial charge in [-0.3, -0.25) is 14.4 Å². The third-order valence-corrected chi connectivity index (χ3v) is 5.78. The van der Waals surface area contributed by atoms with Crippen LogP contribution in [-0.2, 0) is 17.8 Å². The first-order valence-electron chi connectivity index (χ1n) is 9.07. The third kappa shape index (κ3) is 3.44. The maximum atomic E-state index is 12.7. The highest BCUT2D eigenvalue weighted by atomic mass is 16.2. The molecule has 0 N–H and O–H groups in total. The lowest BCUT2D eigenvalue weighted by Crippen LogP contribution is -2.48. The molecule has 0 spiro atoms. The molecular formula is C19H25N5O. The quantitative estimate of drug-likeness (QED) is 0.846. The molecule has 132 valence electrons. The van der Waals surface area contributed by atoms with Crippen LogP contribution in [-0.4, -0.2) is 62.7 Å². The first-order chi connectivity index (χ1) is 12.2. The zero-order valence-corrected chi connectivity index (χ0v) is 14.7. The number of piperidine rings is 1. The van der Waals surface area contributed by atoms with Crippen LogP contribution in [0.4, 0.5) is 0 Å². The summed E-state index contributed by atoms with van der Waals surface area (Å²) >= 11 is 0. The predicted molar refractivity (Wildman–Crippen MR) is 94.8 cm³/mol. The smallest absolute Gasteiger partial charge is 0.227 e. The van der Waals surface area contributed by atoms with E-state index >= 15 is 0 Å². The lowest BCUT2D eigenvalue weighted by Gasteiger charge is -2.37. The van der Waals surface area contributed by atoms with E-state index in [-0.39, 0.29) is 5.91 Å². The van der Waals surface area contributed by atoms with E-state index in [0.717, 1.165) is 38.0 Å². The molecule has 6 nitrogen and oxygen atoms in total. The van der Waals surface area contributed by atoms with Crippen LogP contribution in [0.25, 0.3) is 0 Å². The number of likely N-dealkylation sites (N-methyl/N-ethyl adjacent to an activating group) is 1. The van der Waals surface area contributed by atoms with Gasteiger partial charge in [0, 0.05) is 25.2 Å². The Balaban J connectivity index is 1.37. The molecule has 2 fully saturated rings. The summed E-state index contributed by atoms with van der Waals surface area (Å²) in [5.74, 6) is 0.819. The van der Waals surface area contributed by atoms with Crippen molar-refractivity contribution in [2.24, 2.45) is 5.92 Å². The first kappa shape index (κ1) is 16.3. The Kier molecular flexibility index (Phi) is 4.53. The molecule has 2 aromatic rings. The second kappa shape index (κ2) is 6.96. The summed E-state index contributed by atoms with van der Waals surface area (Å²) in [6, 6.07) is 11.1. The number of fused-ring (bicyclic) bond motifs is 1. The lowest BCUT2D eigenvalue weighted by molar-refractivity contribution is -0.132. The molecule has 2 aliphatic heterocycles. The minimum absolute atomic E-state index is 0.257. The lowest BCUT2D eigenvalue weighted by atomic mass is 9.91. The standard InChI is InChI=1S/C19H25N5O/c1-22-17(12-24-14-20-13-21-24)10-16-11-23(8-7-18(16)22)19(25)9-15-5-3-2-4-6-15/h2-6,13-14,16-18H,7-12H2,1H3/t16-,17+,18+/m1/s1. The van der Waals surface area contributed by atoms with E-state index in [2.05, 4.69) is 26.9 Å². The highest BCUT2D eigenvalue weighted by Crippen LogP contribution is 2.35. The van der Waals surface area contributed by atoms with Crippen molar-refractivity contribution in [2.75, 3.05) is 20.1 Å². The van der Waals surface area contributed by atoms with Gasteiger partial charge in [-0.25, -0.2) is 4.98 Å².